The van der Waals surface area contributed by atoms with Crippen molar-refractivity contribution in [2.24, 2.45) is 5.92 Å². The molecule has 2 heterocycles. The fraction of sp³-hybridized carbons (Fsp3) is 0.769. The fourth-order valence-corrected chi connectivity index (χ4v) is 3.03. The van der Waals surface area contributed by atoms with Gasteiger partial charge in [-0.25, -0.2) is 4.98 Å². The summed E-state index contributed by atoms with van der Waals surface area (Å²) in [6.07, 6.45) is 1.89. The van der Waals surface area contributed by atoms with Gasteiger partial charge in [0.05, 0.1) is 0 Å². The fourth-order valence-electron chi connectivity index (χ4n) is 2.13. The number of hydrogen-bond acceptors (Lipinski definition) is 5. The van der Waals surface area contributed by atoms with E-state index in [2.05, 4.69) is 35.0 Å². The molecule has 0 unspecified atom stereocenters. The normalized spacial score (nSPS) is 18.1. The van der Waals surface area contributed by atoms with Crippen LogP contribution in [-0.2, 0) is 10.2 Å². The van der Waals surface area contributed by atoms with Crippen molar-refractivity contribution in [1.29, 1.82) is 0 Å². The van der Waals surface area contributed by atoms with Gasteiger partial charge in [0.15, 0.2) is 0 Å². The summed E-state index contributed by atoms with van der Waals surface area (Å²) in [4.78, 5) is 18.2. The molecule has 1 aromatic heterocycles. The number of piperidine rings is 1. The van der Waals surface area contributed by atoms with E-state index in [-0.39, 0.29) is 11.3 Å². The van der Waals surface area contributed by atoms with Gasteiger partial charge in [0.25, 0.3) is 0 Å². The molecule has 0 N–H and O–H groups in total. The van der Waals surface area contributed by atoms with Crippen LogP contribution >= 0.6 is 11.5 Å². The monoisotopic (exact) mass is 267 g/mol. The second-order valence-corrected chi connectivity index (χ2v) is 6.75. The zero-order valence-corrected chi connectivity index (χ0v) is 12.4. The van der Waals surface area contributed by atoms with Crippen LogP contribution in [-0.4, -0.2) is 28.2 Å². The van der Waals surface area contributed by atoms with Gasteiger partial charge in [-0.15, -0.1) is 0 Å². The highest BCUT2D eigenvalue weighted by Gasteiger charge is 2.26. The van der Waals surface area contributed by atoms with E-state index in [1.807, 2.05) is 0 Å². The van der Waals surface area contributed by atoms with E-state index in [1.54, 1.807) is 6.92 Å². The lowest BCUT2D eigenvalue weighted by Gasteiger charge is -2.30. The number of hydrogen-bond donors (Lipinski definition) is 0. The summed E-state index contributed by atoms with van der Waals surface area (Å²) in [5, 5.41) is 1.00. The molecule has 100 valence electrons. The van der Waals surface area contributed by atoms with Gasteiger partial charge in [0, 0.05) is 36.0 Å². The van der Waals surface area contributed by atoms with E-state index in [0.29, 0.717) is 5.78 Å². The van der Waals surface area contributed by atoms with E-state index < -0.39 is 0 Å². The van der Waals surface area contributed by atoms with Crippen LogP contribution in [0.4, 0.5) is 5.13 Å². The van der Waals surface area contributed by atoms with Gasteiger partial charge in [0.1, 0.15) is 11.6 Å². The third-order valence-electron chi connectivity index (χ3n) is 3.43. The van der Waals surface area contributed by atoms with Crippen molar-refractivity contribution in [1.82, 2.24) is 9.36 Å². The van der Waals surface area contributed by atoms with Crippen molar-refractivity contribution in [3.8, 4) is 0 Å². The lowest BCUT2D eigenvalue weighted by atomic mass is 9.94. The minimum Gasteiger partial charge on any atom is -0.347 e. The van der Waals surface area contributed by atoms with Gasteiger partial charge < -0.3 is 4.90 Å². The number of carbonyl (C=O) groups excluding carboxylic acids is 1. The first-order valence-electron chi connectivity index (χ1n) is 6.47. The number of ketones is 1. The maximum atomic E-state index is 11.3. The van der Waals surface area contributed by atoms with E-state index >= 15 is 0 Å². The molecule has 1 aliphatic rings. The lowest BCUT2D eigenvalue weighted by Crippen LogP contribution is -2.35. The highest BCUT2D eigenvalue weighted by molar-refractivity contribution is 7.09. The van der Waals surface area contributed by atoms with Crippen LogP contribution < -0.4 is 4.90 Å². The highest BCUT2D eigenvalue weighted by Crippen LogP contribution is 2.28. The van der Waals surface area contributed by atoms with Crippen molar-refractivity contribution in [2.75, 3.05) is 18.0 Å². The molecular weight excluding hydrogens is 246 g/mol. The molecule has 1 fully saturated rings. The van der Waals surface area contributed by atoms with Crippen LogP contribution in [0.5, 0.6) is 0 Å². The molecule has 0 aromatic carbocycles. The molecule has 1 aromatic rings. The third-order valence-corrected chi connectivity index (χ3v) is 4.20. The Morgan fingerprint density at radius 2 is 1.94 bits per heavy atom. The Kier molecular flexibility index (Phi) is 3.71. The topological polar surface area (TPSA) is 46.1 Å². The summed E-state index contributed by atoms with van der Waals surface area (Å²) in [6, 6.07) is 0. The average Bonchev–Trinajstić information content (AvgIpc) is 2.78. The highest BCUT2D eigenvalue weighted by atomic mass is 32.1. The zero-order valence-electron chi connectivity index (χ0n) is 11.6. The van der Waals surface area contributed by atoms with Crippen molar-refractivity contribution < 1.29 is 4.79 Å². The Labute approximate surface area is 113 Å². The van der Waals surface area contributed by atoms with Crippen molar-refractivity contribution >= 4 is 22.4 Å². The van der Waals surface area contributed by atoms with Crippen LogP contribution in [0.3, 0.4) is 0 Å². The second-order valence-electron chi connectivity index (χ2n) is 6.02. The predicted octanol–water partition coefficient (Wildman–Crippen LogP) is 2.64. The number of aromatic nitrogens is 2. The van der Waals surface area contributed by atoms with E-state index in [0.717, 1.165) is 36.9 Å². The molecule has 2 rings (SSSR count). The molecule has 0 spiro atoms. The minimum absolute atomic E-state index is 0.00641. The van der Waals surface area contributed by atoms with Gasteiger partial charge in [-0.1, -0.05) is 20.8 Å². The number of nitrogens with zero attached hydrogens (tertiary/aromatic N) is 3. The predicted molar refractivity (Wildman–Crippen MR) is 74.2 cm³/mol. The van der Waals surface area contributed by atoms with Crippen LogP contribution in [0, 0.1) is 5.92 Å². The molecule has 1 saturated heterocycles. The van der Waals surface area contributed by atoms with E-state index in [1.165, 1.54) is 11.5 Å². The molecule has 0 aliphatic carbocycles. The number of carbonyl (C=O) groups is 1. The Morgan fingerprint density at radius 3 is 2.39 bits per heavy atom. The standard InChI is InChI=1S/C13H21N3OS/c1-9(17)10-5-7-16(8-6-10)12-14-11(15-18-12)13(2,3)4/h10H,5-8H2,1-4H3. The maximum absolute atomic E-state index is 11.3. The number of anilines is 1. The summed E-state index contributed by atoms with van der Waals surface area (Å²) in [7, 11) is 0. The number of rotatable bonds is 2. The van der Waals surface area contributed by atoms with Crippen molar-refractivity contribution in [2.45, 2.75) is 46.0 Å². The molecule has 4 nitrogen and oxygen atoms in total. The van der Waals surface area contributed by atoms with Gasteiger partial charge in [0.2, 0.25) is 5.13 Å². The SMILES string of the molecule is CC(=O)C1CCN(c2nc(C(C)(C)C)ns2)CC1. The molecule has 5 heteroatoms. The van der Waals surface area contributed by atoms with Crippen LogP contribution in [0.1, 0.15) is 46.4 Å². The van der Waals surface area contributed by atoms with E-state index in [9.17, 15) is 4.79 Å². The summed E-state index contributed by atoms with van der Waals surface area (Å²) in [5.74, 6) is 1.48. The molecule has 18 heavy (non-hydrogen) atoms. The van der Waals surface area contributed by atoms with Crippen LogP contribution in [0.2, 0.25) is 0 Å². The summed E-state index contributed by atoms with van der Waals surface area (Å²) >= 11 is 1.47. The summed E-state index contributed by atoms with van der Waals surface area (Å²) in [5.41, 5.74) is 0.00641. The molecule has 0 saturated carbocycles. The van der Waals surface area contributed by atoms with Gasteiger partial charge in [-0.2, -0.15) is 4.37 Å². The molecular formula is C13H21N3OS. The first-order valence-corrected chi connectivity index (χ1v) is 7.25. The maximum Gasteiger partial charge on any atom is 0.205 e. The zero-order chi connectivity index (χ0) is 13.3. The van der Waals surface area contributed by atoms with Crippen molar-refractivity contribution in [3.63, 3.8) is 0 Å². The minimum atomic E-state index is 0.00641. The largest absolute Gasteiger partial charge is 0.347 e. The molecule has 1 aliphatic heterocycles. The van der Waals surface area contributed by atoms with E-state index in [4.69, 9.17) is 0 Å². The Morgan fingerprint density at radius 1 is 1.33 bits per heavy atom. The quantitative estimate of drug-likeness (QED) is 0.826. The van der Waals surface area contributed by atoms with Crippen LogP contribution in [0.15, 0.2) is 0 Å². The van der Waals surface area contributed by atoms with Crippen LogP contribution in [0.25, 0.3) is 0 Å². The van der Waals surface area contributed by atoms with Gasteiger partial charge >= 0.3 is 0 Å². The average molecular weight is 267 g/mol. The first-order chi connectivity index (χ1) is 8.38. The molecule has 0 amide bonds. The molecule has 0 bridgehead atoms. The van der Waals surface area contributed by atoms with Gasteiger partial charge in [-0.3, -0.25) is 4.79 Å². The smallest absolute Gasteiger partial charge is 0.205 e. The molecule has 0 radical (unpaired) electrons. The third kappa shape index (κ3) is 2.88. The van der Waals surface area contributed by atoms with Gasteiger partial charge in [-0.05, 0) is 19.8 Å². The molecule has 0 atom stereocenters. The summed E-state index contributed by atoms with van der Waals surface area (Å²) < 4.78 is 4.44. The second kappa shape index (κ2) is 4.96. The van der Waals surface area contributed by atoms with Crippen molar-refractivity contribution in [3.05, 3.63) is 5.82 Å². The summed E-state index contributed by atoms with van der Waals surface area (Å²) in [6.45, 7) is 9.91. The Balaban J connectivity index is 2.02. The first kappa shape index (κ1) is 13.5. The Bertz CT molecular complexity index is 428. The Hall–Kier alpha value is -0.970. The lowest BCUT2D eigenvalue weighted by molar-refractivity contribution is -0.121. The number of Topliss-reactive ketones (excluding diaryl/α,β-unsaturated/α-hetero) is 1.